The lowest BCUT2D eigenvalue weighted by atomic mass is 10.1. The lowest BCUT2D eigenvalue weighted by Crippen LogP contribution is -2.20. The van der Waals surface area contributed by atoms with Crippen LogP contribution in [0.1, 0.15) is 43.7 Å². The van der Waals surface area contributed by atoms with Gasteiger partial charge in [0, 0.05) is 22.8 Å². The van der Waals surface area contributed by atoms with E-state index in [9.17, 15) is 9.59 Å². The van der Waals surface area contributed by atoms with E-state index in [-0.39, 0.29) is 18.4 Å². The number of amides is 2. The number of hydrogen-bond donors (Lipinski definition) is 2. The van der Waals surface area contributed by atoms with Crippen molar-refractivity contribution < 1.29 is 14.3 Å². The minimum absolute atomic E-state index is 0.0197. The van der Waals surface area contributed by atoms with Gasteiger partial charge in [-0.25, -0.2) is 0 Å². The van der Waals surface area contributed by atoms with Crippen LogP contribution >= 0.6 is 11.6 Å². The van der Waals surface area contributed by atoms with E-state index in [0.717, 1.165) is 30.4 Å². The first kappa shape index (κ1) is 21.8. The molecule has 0 saturated carbocycles. The molecule has 150 valence electrons. The van der Waals surface area contributed by atoms with Crippen molar-refractivity contribution in [3.8, 4) is 5.75 Å². The van der Waals surface area contributed by atoms with Gasteiger partial charge in [-0.1, -0.05) is 37.4 Å². The van der Waals surface area contributed by atoms with E-state index >= 15 is 0 Å². The van der Waals surface area contributed by atoms with Crippen molar-refractivity contribution in [3.63, 3.8) is 0 Å². The Morgan fingerprint density at radius 2 is 1.57 bits per heavy atom. The second-order valence-electron chi connectivity index (χ2n) is 6.79. The van der Waals surface area contributed by atoms with E-state index in [4.69, 9.17) is 16.3 Å². The van der Waals surface area contributed by atoms with E-state index in [0.29, 0.717) is 28.6 Å². The number of anilines is 2. The summed E-state index contributed by atoms with van der Waals surface area (Å²) in [6, 6.07) is 10.7. The average molecular weight is 403 g/mol. The van der Waals surface area contributed by atoms with Gasteiger partial charge in [0.05, 0.1) is 0 Å². The summed E-state index contributed by atoms with van der Waals surface area (Å²) in [5, 5.41) is 6.33. The van der Waals surface area contributed by atoms with Crippen LogP contribution in [0.4, 0.5) is 11.4 Å². The first-order valence-electron chi connectivity index (χ1n) is 9.48. The first-order chi connectivity index (χ1) is 13.4. The Morgan fingerprint density at radius 3 is 2.18 bits per heavy atom. The van der Waals surface area contributed by atoms with Crippen LogP contribution in [0.25, 0.3) is 0 Å². The highest BCUT2D eigenvalue weighted by molar-refractivity contribution is 6.32. The fraction of sp³-hybridized carbons (Fsp3) is 0.364. The van der Waals surface area contributed by atoms with E-state index in [1.165, 1.54) is 0 Å². The zero-order valence-corrected chi connectivity index (χ0v) is 17.4. The summed E-state index contributed by atoms with van der Waals surface area (Å²) in [5.41, 5.74) is 3.06. The highest BCUT2D eigenvalue weighted by Crippen LogP contribution is 2.25. The normalized spacial score (nSPS) is 10.4. The van der Waals surface area contributed by atoms with Crippen molar-refractivity contribution in [1.29, 1.82) is 0 Å². The number of aryl methyl sites for hydroxylation is 2. The van der Waals surface area contributed by atoms with Crippen LogP contribution in [0.5, 0.6) is 5.75 Å². The summed E-state index contributed by atoms with van der Waals surface area (Å²) in [6.07, 6.45) is 3.49. The van der Waals surface area contributed by atoms with Crippen LogP contribution < -0.4 is 15.4 Å². The molecule has 0 heterocycles. The third-order valence-corrected chi connectivity index (χ3v) is 4.81. The Balaban J connectivity index is 1.87. The number of nitrogens with one attached hydrogen (secondary N) is 2. The smallest absolute Gasteiger partial charge is 0.262 e. The summed E-state index contributed by atoms with van der Waals surface area (Å²) < 4.78 is 5.57. The molecule has 2 aromatic carbocycles. The lowest BCUT2D eigenvalue weighted by Gasteiger charge is -2.11. The maximum atomic E-state index is 12.2. The number of halogens is 1. The van der Waals surface area contributed by atoms with Crippen molar-refractivity contribution in [2.45, 2.75) is 46.5 Å². The first-order valence-corrected chi connectivity index (χ1v) is 9.86. The van der Waals surface area contributed by atoms with Crippen molar-refractivity contribution >= 4 is 34.8 Å². The molecule has 5 nitrogen and oxygen atoms in total. The van der Waals surface area contributed by atoms with E-state index in [1.807, 2.05) is 13.8 Å². The molecule has 0 aromatic heterocycles. The van der Waals surface area contributed by atoms with Gasteiger partial charge in [0.25, 0.3) is 5.91 Å². The number of ether oxygens (including phenoxy) is 1. The summed E-state index contributed by atoms with van der Waals surface area (Å²) in [4.78, 5) is 24.1. The topological polar surface area (TPSA) is 67.4 Å². The number of benzene rings is 2. The van der Waals surface area contributed by atoms with E-state index in [1.54, 1.807) is 36.4 Å². The SMILES string of the molecule is CCCCCC(=O)Nc1cccc(NC(=O)COc2cc(C)c(Cl)c(C)c2)c1. The highest BCUT2D eigenvalue weighted by atomic mass is 35.5. The predicted molar refractivity (Wildman–Crippen MR) is 114 cm³/mol. The number of hydrogen-bond acceptors (Lipinski definition) is 3. The quantitative estimate of drug-likeness (QED) is 0.544. The fourth-order valence-corrected chi connectivity index (χ4v) is 2.88. The molecular formula is C22H27ClN2O3. The summed E-state index contributed by atoms with van der Waals surface area (Å²) in [7, 11) is 0. The Hall–Kier alpha value is -2.53. The second-order valence-corrected chi connectivity index (χ2v) is 7.17. The molecule has 0 aliphatic carbocycles. The zero-order valence-electron chi connectivity index (χ0n) is 16.6. The van der Waals surface area contributed by atoms with Crippen molar-refractivity contribution in [2.75, 3.05) is 17.2 Å². The van der Waals surface area contributed by atoms with Crippen LogP contribution in [-0.2, 0) is 9.59 Å². The van der Waals surface area contributed by atoms with Crippen LogP contribution in [0.15, 0.2) is 36.4 Å². The van der Waals surface area contributed by atoms with Gasteiger partial charge in [-0.3, -0.25) is 9.59 Å². The molecule has 6 heteroatoms. The molecule has 0 fully saturated rings. The number of unbranched alkanes of at least 4 members (excludes halogenated alkanes) is 2. The molecule has 2 rings (SSSR count). The molecule has 28 heavy (non-hydrogen) atoms. The van der Waals surface area contributed by atoms with Crippen molar-refractivity contribution in [1.82, 2.24) is 0 Å². The molecular weight excluding hydrogens is 376 g/mol. The van der Waals surface area contributed by atoms with Gasteiger partial charge in [-0.05, 0) is 61.7 Å². The van der Waals surface area contributed by atoms with E-state index in [2.05, 4.69) is 17.6 Å². The van der Waals surface area contributed by atoms with Crippen molar-refractivity contribution in [2.24, 2.45) is 0 Å². The Labute approximate surface area is 171 Å². The highest BCUT2D eigenvalue weighted by Gasteiger charge is 2.08. The zero-order chi connectivity index (χ0) is 20.5. The molecule has 2 N–H and O–H groups in total. The molecule has 2 aromatic rings. The van der Waals surface area contributed by atoms with Crippen LogP contribution in [0.3, 0.4) is 0 Å². The molecule has 0 bridgehead atoms. The monoisotopic (exact) mass is 402 g/mol. The lowest BCUT2D eigenvalue weighted by molar-refractivity contribution is -0.118. The van der Waals surface area contributed by atoms with Gasteiger partial charge in [-0.2, -0.15) is 0 Å². The Bertz CT molecular complexity index is 813. The molecule has 0 radical (unpaired) electrons. The minimum atomic E-state index is -0.281. The summed E-state index contributed by atoms with van der Waals surface area (Å²) in [5.74, 6) is 0.299. The maximum absolute atomic E-state index is 12.2. The number of carbonyl (C=O) groups excluding carboxylic acids is 2. The average Bonchev–Trinajstić information content (AvgIpc) is 2.65. The third kappa shape index (κ3) is 6.89. The minimum Gasteiger partial charge on any atom is -0.484 e. The van der Waals surface area contributed by atoms with Gasteiger partial charge in [0.15, 0.2) is 6.61 Å². The second kappa shape index (κ2) is 10.7. The summed E-state index contributed by atoms with van der Waals surface area (Å²) >= 11 is 6.14. The molecule has 0 atom stereocenters. The van der Waals surface area contributed by atoms with Crippen LogP contribution in [0.2, 0.25) is 5.02 Å². The standard InChI is InChI=1S/C22H27ClN2O3/c1-4-5-6-10-20(26)24-17-8-7-9-18(13-17)25-21(27)14-28-19-11-15(2)22(23)16(3)12-19/h7-9,11-13H,4-6,10,14H2,1-3H3,(H,24,26)(H,25,27). The largest absolute Gasteiger partial charge is 0.484 e. The molecule has 2 amide bonds. The van der Waals surface area contributed by atoms with Crippen LogP contribution in [-0.4, -0.2) is 18.4 Å². The number of carbonyl (C=O) groups is 2. The van der Waals surface area contributed by atoms with Gasteiger partial charge in [0.2, 0.25) is 5.91 Å². The van der Waals surface area contributed by atoms with Gasteiger partial charge < -0.3 is 15.4 Å². The van der Waals surface area contributed by atoms with Crippen LogP contribution in [0, 0.1) is 13.8 Å². The summed E-state index contributed by atoms with van der Waals surface area (Å²) in [6.45, 7) is 5.77. The fourth-order valence-electron chi connectivity index (χ4n) is 2.77. The Morgan fingerprint density at radius 1 is 0.964 bits per heavy atom. The predicted octanol–water partition coefficient (Wildman–Crippen LogP) is 5.49. The molecule has 0 aliphatic heterocycles. The Kier molecular flexibility index (Phi) is 8.33. The third-order valence-electron chi connectivity index (χ3n) is 4.22. The van der Waals surface area contributed by atoms with Gasteiger partial charge in [-0.15, -0.1) is 0 Å². The molecule has 0 spiro atoms. The van der Waals surface area contributed by atoms with E-state index < -0.39 is 0 Å². The molecule has 0 aliphatic rings. The molecule has 0 saturated heterocycles. The van der Waals surface area contributed by atoms with Gasteiger partial charge in [0.1, 0.15) is 5.75 Å². The van der Waals surface area contributed by atoms with Crippen molar-refractivity contribution in [3.05, 3.63) is 52.5 Å². The molecule has 0 unspecified atom stereocenters. The van der Waals surface area contributed by atoms with Gasteiger partial charge >= 0.3 is 0 Å². The number of rotatable bonds is 9. The maximum Gasteiger partial charge on any atom is 0.262 e.